The average Bonchev–Trinajstić information content (AvgIpc) is 2.78. The molecule has 1 fully saturated rings. The van der Waals surface area contributed by atoms with Crippen LogP contribution in [-0.4, -0.2) is 42.1 Å². The van der Waals surface area contributed by atoms with E-state index in [4.69, 9.17) is 10.5 Å². The standard InChI is InChI=1S/C23H28N2O4.ClH/c1-25(19-10-7-17(8-11-19)23(28)29-2)22(27)20-13-18(9-12-21(20)26)16-5-3-15(14-24)4-6-16;/h3-6,9,12-13,17,19,26H,7-8,10-11,14,24H2,1-2H3;1H. The van der Waals surface area contributed by atoms with Gasteiger partial charge in [0.2, 0.25) is 0 Å². The van der Waals surface area contributed by atoms with Crippen LogP contribution in [0.5, 0.6) is 5.75 Å². The highest BCUT2D eigenvalue weighted by Crippen LogP contribution is 2.31. The number of nitrogens with two attached hydrogens (primary N) is 1. The Morgan fingerprint density at radius 2 is 1.67 bits per heavy atom. The van der Waals surface area contributed by atoms with Crippen LogP contribution in [0.25, 0.3) is 11.1 Å². The lowest BCUT2D eigenvalue weighted by Gasteiger charge is -2.34. The van der Waals surface area contributed by atoms with Gasteiger partial charge in [0.05, 0.1) is 18.6 Å². The van der Waals surface area contributed by atoms with Crippen LogP contribution in [0.15, 0.2) is 42.5 Å². The maximum absolute atomic E-state index is 13.1. The van der Waals surface area contributed by atoms with Crippen molar-refractivity contribution in [2.75, 3.05) is 14.2 Å². The van der Waals surface area contributed by atoms with Crippen LogP contribution in [0.4, 0.5) is 0 Å². The van der Waals surface area contributed by atoms with E-state index < -0.39 is 0 Å². The second-order valence-electron chi connectivity index (χ2n) is 7.58. The second kappa shape index (κ2) is 10.5. The van der Waals surface area contributed by atoms with E-state index in [9.17, 15) is 14.7 Å². The molecular formula is C23H29ClN2O4. The van der Waals surface area contributed by atoms with E-state index in [0.29, 0.717) is 19.4 Å². The Bertz CT molecular complexity index is 877. The molecule has 3 N–H and O–H groups in total. The predicted octanol–water partition coefficient (Wildman–Crippen LogP) is 3.74. The summed E-state index contributed by atoms with van der Waals surface area (Å²) in [6, 6.07) is 12.9. The number of hydrogen-bond acceptors (Lipinski definition) is 5. The highest BCUT2D eigenvalue weighted by Gasteiger charge is 2.31. The molecule has 1 saturated carbocycles. The molecule has 162 valence electrons. The summed E-state index contributed by atoms with van der Waals surface area (Å²) < 4.78 is 4.83. The van der Waals surface area contributed by atoms with E-state index in [1.165, 1.54) is 7.11 Å². The lowest BCUT2D eigenvalue weighted by atomic mass is 9.85. The molecule has 6 nitrogen and oxygen atoms in total. The van der Waals surface area contributed by atoms with Gasteiger partial charge in [0.1, 0.15) is 5.75 Å². The Morgan fingerprint density at radius 1 is 1.07 bits per heavy atom. The van der Waals surface area contributed by atoms with E-state index in [-0.39, 0.29) is 47.6 Å². The van der Waals surface area contributed by atoms with Crippen LogP contribution in [0.1, 0.15) is 41.6 Å². The van der Waals surface area contributed by atoms with E-state index in [1.54, 1.807) is 30.1 Å². The number of benzene rings is 2. The lowest BCUT2D eigenvalue weighted by Crippen LogP contribution is -2.40. The van der Waals surface area contributed by atoms with E-state index in [0.717, 1.165) is 29.5 Å². The fourth-order valence-corrected chi connectivity index (χ4v) is 3.94. The number of carbonyl (C=O) groups is 2. The van der Waals surface area contributed by atoms with Gasteiger partial charge in [-0.05, 0) is 54.5 Å². The molecule has 1 aliphatic rings. The zero-order valence-corrected chi connectivity index (χ0v) is 18.2. The molecule has 1 aliphatic carbocycles. The summed E-state index contributed by atoms with van der Waals surface area (Å²) in [6.45, 7) is 0.475. The van der Waals surface area contributed by atoms with Crippen molar-refractivity contribution in [3.63, 3.8) is 0 Å². The first kappa shape index (κ1) is 23.7. The van der Waals surface area contributed by atoms with Crippen molar-refractivity contribution >= 4 is 24.3 Å². The second-order valence-corrected chi connectivity index (χ2v) is 7.58. The molecule has 0 aliphatic heterocycles. The molecule has 2 aromatic rings. The zero-order chi connectivity index (χ0) is 21.0. The number of hydrogen-bond donors (Lipinski definition) is 2. The number of amides is 1. The molecule has 0 heterocycles. The summed E-state index contributed by atoms with van der Waals surface area (Å²) >= 11 is 0. The molecule has 0 saturated heterocycles. The molecule has 0 unspecified atom stereocenters. The highest BCUT2D eigenvalue weighted by molar-refractivity contribution is 5.98. The van der Waals surface area contributed by atoms with Crippen molar-refractivity contribution in [1.29, 1.82) is 0 Å². The van der Waals surface area contributed by atoms with Crippen LogP contribution in [-0.2, 0) is 16.1 Å². The third kappa shape index (κ3) is 5.12. The quantitative estimate of drug-likeness (QED) is 0.702. The Morgan fingerprint density at radius 3 is 2.23 bits per heavy atom. The van der Waals surface area contributed by atoms with Gasteiger partial charge < -0.3 is 20.5 Å². The fourth-order valence-electron chi connectivity index (χ4n) is 3.94. The minimum atomic E-state index is -0.218. The monoisotopic (exact) mass is 432 g/mol. The molecule has 0 atom stereocenters. The first-order valence-corrected chi connectivity index (χ1v) is 9.92. The number of nitrogens with zero attached hydrogens (tertiary/aromatic N) is 1. The number of phenolic OH excluding ortho intramolecular Hbond substituents is 1. The number of methoxy groups -OCH3 is 1. The summed E-state index contributed by atoms with van der Waals surface area (Å²) in [6.07, 6.45) is 2.88. The van der Waals surface area contributed by atoms with Crippen molar-refractivity contribution < 1.29 is 19.4 Å². The first-order chi connectivity index (χ1) is 13.9. The Kier molecular flexibility index (Phi) is 8.26. The van der Waals surface area contributed by atoms with E-state index in [1.807, 2.05) is 24.3 Å². The van der Waals surface area contributed by atoms with Crippen LogP contribution in [0.2, 0.25) is 0 Å². The number of halogens is 1. The fraction of sp³-hybridized carbons (Fsp3) is 0.391. The van der Waals surface area contributed by atoms with Crippen molar-refractivity contribution in [3.8, 4) is 16.9 Å². The summed E-state index contributed by atoms with van der Waals surface area (Å²) in [7, 11) is 3.16. The normalized spacial score (nSPS) is 18.2. The maximum atomic E-state index is 13.1. The van der Waals surface area contributed by atoms with Crippen molar-refractivity contribution in [2.45, 2.75) is 38.3 Å². The molecule has 1 amide bonds. The van der Waals surface area contributed by atoms with Crippen LogP contribution >= 0.6 is 12.4 Å². The third-order valence-corrected chi connectivity index (χ3v) is 5.85. The molecule has 0 spiro atoms. The molecule has 0 bridgehead atoms. The summed E-state index contributed by atoms with van der Waals surface area (Å²) in [4.78, 5) is 26.5. The number of carbonyl (C=O) groups excluding carboxylic acids is 2. The van der Waals surface area contributed by atoms with Gasteiger partial charge in [-0.25, -0.2) is 0 Å². The van der Waals surface area contributed by atoms with Gasteiger partial charge in [0.15, 0.2) is 0 Å². The van der Waals surface area contributed by atoms with E-state index in [2.05, 4.69) is 0 Å². The molecule has 2 aromatic carbocycles. The third-order valence-electron chi connectivity index (χ3n) is 5.85. The molecular weight excluding hydrogens is 404 g/mol. The number of phenols is 1. The molecule has 0 radical (unpaired) electrons. The topological polar surface area (TPSA) is 92.9 Å². The van der Waals surface area contributed by atoms with Gasteiger partial charge in [-0.3, -0.25) is 9.59 Å². The van der Waals surface area contributed by atoms with E-state index >= 15 is 0 Å². The van der Waals surface area contributed by atoms with Crippen LogP contribution in [0.3, 0.4) is 0 Å². The smallest absolute Gasteiger partial charge is 0.308 e. The highest BCUT2D eigenvalue weighted by atomic mass is 35.5. The van der Waals surface area contributed by atoms with Crippen molar-refractivity contribution in [2.24, 2.45) is 11.7 Å². The lowest BCUT2D eigenvalue weighted by molar-refractivity contribution is -0.146. The largest absolute Gasteiger partial charge is 0.507 e. The summed E-state index contributed by atoms with van der Waals surface area (Å²) in [5, 5.41) is 10.3. The first-order valence-electron chi connectivity index (χ1n) is 9.92. The van der Waals surface area contributed by atoms with Gasteiger partial charge >= 0.3 is 5.97 Å². The number of ether oxygens (including phenoxy) is 1. The van der Waals surface area contributed by atoms with Gasteiger partial charge in [0, 0.05) is 19.6 Å². The zero-order valence-electron chi connectivity index (χ0n) is 17.3. The number of esters is 1. The minimum Gasteiger partial charge on any atom is -0.507 e. The molecule has 7 heteroatoms. The Hall–Kier alpha value is -2.57. The van der Waals surface area contributed by atoms with Crippen molar-refractivity contribution in [3.05, 3.63) is 53.6 Å². The summed E-state index contributed by atoms with van der Waals surface area (Å²) in [5.41, 5.74) is 8.78. The molecule has 0 aromatic heterocycles. The predicted molar refractivity (Wildman–Crippen MR) is 119 cm³/mol. The average molecular weight is 433 g/mol. The molecule has 3 rings (SSSR count). The Balaban J connectivity index is 0.00000320. The maximum Gasteiger partial charge on any atom is 0.308 e. The summed E-state index contributed by atoms with van der Waals surface area (Å²) in [5.74, 6) is -0.520. The Labute approximate surface area is 183 Å². The number of rotatable bonds is 5. The van der Waals surface area contributed by atoms with Gasteiger partial charge in [-0.15, -0.1) is 12.4 Å². The van der Waals surface area contributed by atoms with Crippen molar-refractivity contribution in [1.82, 2.24) is 4.90 Å². The van der Waals surface area contributed by atoms with Gasteiger partial charge in [-0.2, -0.15) is 0 Å². The van der Waals surface area contributed by atoms with Crippen LogP contribution in [0, 0.1) is 5.92 Å². The number of aromatic hydroxyl groups is 1. The molecule has 30 heavy (non-hydrogen) atoms. The minimum absolute atomic E-state index is 0. The van der Waals surface area contributed by atoms with Gasteiger partial charge in [-0.1, -0.05) is 30.3 Å². The SMILES string of the molecule is COC(=O)C1CCC(N(C)C(=O)c2cc(-c3ccc(CN)cc3)ccc2O)CC1.Cl. The van der Waals surface area contributed by atoms with Gasteiger partial charge in [0.25, 0.3) is 5.91 Å². The van der Waals surface area contributed by atoms with Crippen LogP contribution < -0.4 is 5.73 Å².